The molecule has 2 fully saturated rings. The van der Waals surface area contributed by atoms with Gasteiger partial charge in [-0.15, -0.1) is 0 Å². The summed E-state index contributed by atoms with van der Waals surface area (Å²) in [6.45, 7) is 0.223. The van der Waals surface area contributed by atoms with Crippen LogP contribution in [0.4, 0.5) is 5.69 Å². The van der Waals surface area contributed by atoms with E-state index < -0.39 is 12.0 Å². The van der Waals surface area contributed by atoms with E-state index >= 15 is 0 Å². The average Bonchev–Trinajstić information content (AvgIpc) is 3.45. The summed E-state index contributed by atoms with van der Waals surface area (Å²) in [5.41, 5.74) is 0.628. The van der Waals surface area contributed by atoms with E-state index in [0.717, 1.165) is 25.7 Å². The fraction of sp³-hybridized carbons (Fsp3) is 0.500. The normalized spacial score (nSPS) is 20.0. The topological polar surface area (TPSA) is 95.9 Å². The molecule has 1 heterocycles. The summed E-state index contributed by atoms with van der Waals surface area (Å²) in [7, 11) is 0. The van der Waals surface area contributed by atoms with Crippen molar-refractivity contribution in [3.05, 3.63) is 24.3 Å². The van der Waals surface area contributed by atoms with E-state index in [9.17, 15) is 19.5 Å². The van der Waals surface area contributed by atoms with Crippen LogP contribution in [0.3, 0.4) is 0 Å². The lowest BCUT2D eigenvalue weighted by molar-refractivity contribution is -0.152. The molecule has 2 amide bonds. The number of benzene rings is 1. The molecule has 1 saturated carbocycles. The molecule has 1 aromatic carbocycles. The molecular formula is C18H22N2O5. The van der Waals surface area contributed by atoms with Gasteiger partial charge in [-0.2, -0.15) is 0 Å². The molecule has 134 valence electrons. The van der Waals surface area contributed by atoms with Gasteiger partial charge in [0.15, 0.2) is 6.61 Å². The first kappa shape index (κ1) is 17.3. The summed E-state index contributed by atoms with van der Waals surface area (Å²) in [5, 5.41) is 12.1. The third kappa shape index (κ3) is 4.49. The van der Waals surface area contributed by atoms with Crippen LogP contribution in [0, 0.1) is 5.92 Å². The molecule has 0 unspecified atom stereocenters. The number of anilines is 1. The molecular weight excluding hydrogens is 324 g/mol. The third-order valence-corrected chi connectivity index (χ3v) is 4.52. The highest BCUT2D eigenvalue weighted by atomic mass is 16.5. The van der Waals surface area contributed by atoms with E-state index in [1.807, 2.05) is 0 Å². The molecule has 1 saturated heterocycles. The van der Waals surface area contributed by atoms with Crippen molar-refractivity contribution in [2.24, 2.45) is 5.92 Å². The molecule has 3 rings (SSSR count). The lowest BCUT2D eigenvalue weighted by Crippen LogP contribution is -2.49. The Bertz CT molecular complexity index is 671. The molecule has 7 nitrogen and oxygen atoms in total. The fourth-order valence-electron chi connectivity index (χ4n) is 2.97. The number of ether oxygens (including phenoxy) is 1. The monoisotopic (exact) mass is 346 g/mol. The van der Waals surface area contributed by atoms with Crippen LogP contribution in [-0.2, 0) is 14.4 Å². The molecule has 1 aliphatic carbocycles. The second-order valence-corrected chi connectivity index (χ2v) is 6.52. The molecule has 7 heteroatoms. The zero-order valence-electron chi connectivity index (χ0n) is 13.9. The molecule has 1 aromatic rings. The molecule has 1 atom stereocenters. The zero-order valence-corrected chi connectivity index (χ0v) is 13.9. The van der Waals surface area contributed by atoms with Gasteiger partial charge in [0.25, 0.3) is 5.91 Å². The molecule has 1 aliphatic heterocycles. The molecule has 0 radical (unpaired) electrons. The maximum Gasteiger partial charge on any atom is 0.326 e. The first-order chi connectivity index (χ1) is 12.0. The molecule has 0 aromatic heterocycles. The SMILES string of the molecule is O=C(Nc1cccc(OCC(=O)N2CCCC[C@@H]2C(=O)O)c1)C1CC1. The van der Waals surface area contributed by atoms with Crippen molar-refractivity contribution in [3.63, 3.8) is 0 Å². The van der Waals surface area contributed by atoms with E-state index in [1.165, 1.54) is 4.90 Å². The van der Waals surface area contributed by atoms with Gasteiger partial charge in [-0.3, -0.25) is 9.59 Å². The Balaban J connectivity index is 1.56. The van der Waals surface area contributed by atoms with Gasteiger partial charge in [0.05, 0.1) is 0 Å². The first-order valence-electron chi connectivity index (χ1n) is 8.60. The van der Waals surface area contributed by atoms with Crippen molar-refractivity contribution < 1.29 is 24.2 Å². The van der Waals surface area contributed by atoms with E-state index in [0.29, 0.717) is 24.4 Å². The van der Waals surface area contributed by atoms with Crippen LogP contribution in [0.5, 0.6) is 5.75 Å². The number of carbonyl (C=O) groups excluding carboxylic acids is 2. The molecule has 25 heavy (non-hydrogen) atoms. The quantitative estimate of drug-likeness (QED) is 0.820. The first-order valence-corrected chi connectivity index (χ1v) is 8.60. The van der Waals surface area contributed by atoms with Crippen molar-refractivity contribution in [1.82, 2.24) is 4.90 Å². The van der Waals surface area contributed by atoms with E-state index in [2.05, 4.69) is 5.32 Å². The van der Waals surface area contributed by atoms with Gasteiger partial charge < -0.3 is 20.1 Å². The Morgan fingerprint density at radius 3 is 2.72 bits per heavy atom. The number of piperidine rings is 1. The third-order valence-electron chi connectivity index (χ3n) is 4.52. The van der Waals surface area contributed by atoms with E-state index in [-0.39, 0.29) is 24.3 Å². The largest absolute Gasteiger partial charge is 0.484 e. The Kier molecular flexibility index (Phi) is 5.21. The number of hydrogen-bond acceptors (Lipinski definition) is 4. The number of aliphatic carboxylic acids is 1. The van der Waals surface area contributed by atoms with Crippen molar-refractivity contribution in [2.75, 3.05) is 18.5 Å². The van der Waals surface area contributed by atoms with Crippen molar-refractivity contribution in [1.29, 1.82) is 0 Å². The highest BCUT2D eigenvalue weighted by Gasteiger charge is 2.32. The smallest absolute Gasteiger partial charge is 0.326 e. The van der Waals surface area contributed by atoms with Crippen molar-refractivity contribution in [2.45, 2.75) is 38.1 Å². The van der Waals surface area contributed by atoms with E-state index in [1.54, 1.807) is 24.3 Å². The highest BCUT2D eigenvalue weighted by Crippen LogP contribution is 2.30. The molecule has 0 spiro atoms. The summed E-state index contributed by atoms with van der Waals surface area (Å²) in [5.74, 6) is -0.729. The average molecular weight is 346 g/mol. The van der Waals surface area contributed by atoms with Gasteiger partial charge in [-0.05, 0) is 44.2 Å². The minimum atomic E-state index is -0.974. The lowest BCUT2D eigenvalue weighted by atomic mass is 10.0. The predicted octanol–water partition coefficient (Wildman–Crippen LogP) is 1.88. The van der Waals surface area contributed by atoms with Crippen molar-refractivity contribution in [3.8, 4) is 5.75 Å². The van der Waals surface area contributed by atoms with Gasteiger partial charge in [0, 0.05) is 24.2 Å². The standard InChI is InChI=1S/C18H22N2O5/c21-16(20-9-2-1-6-15(20)18(23)24)11-25-14-5-3-4-13(10-14)19-17(22)12-7-8-12/h3-5,10,12,15H,1-2,6-9,11H2,(H,19,22)(H,23,24)/t15-/m1/s1. The number of hydrogen-bond donors (Lipinski definition) is 2. The van der Waals surface area contributed by atoms with Gasteiger partial charge in [0.1, 0.15) is 11.8 Å². The number of carbonyl (C=O) groups is 3. The van der Waals surface area contributed by atoms with Gasteiger partial charge in [-0.25, -0.2) is 4.79 Å². The number of carboxylic acids is 1. The van der Waals surface area contributed by atoms with Crippen LogP contribution < -0.4 is 10.1 Å². The predicted molar refractivity (Wildman–Crippen MR) is 90.3 cm³/mol. The van der Waals surface area contributed by atoms with E-state index in [4.69, 9.17) is 4.74 Å². The molecule has 2 N–H and O–H groups in total. The summed E-state index contributed by atoms with van der Waals surface area (Å²) in [4.78, 5) is 36.8. The van der Waals surface area contributed by atoms with Gasteiger partial charge >= 0.3 is 5.97 Å². The Hall–Kier alpha value is -2.57. The highest BCUT2D eigenvalue weighted by molar-refractivity contribution is 5.94. The van der Waals surface area contributed by atoms with Crippen LogP contribution in [-0.4, -0.2) is 47.0 Å². The fourth-order valence-corrected chi connectivity index (χ4v) is 2.97. The van der Waals surface area contributed by atoms with Gasteiger partial charge in [-0.1, -0.05) is 6.07 Å². The summed E-state index contributed by atoms with van der Waals surface area (Å²) < 4.78 is 5.51. The van der Waals surface area contributed by atoms with Crippen LogP contribution in [0.1, 0.15) is 32.1 Å². The second kappa shape index (κ2) is 7.55. The van der Waals surface area contributed by atoms with Crippen LogP contribution in [0.25, 0.3) is 0 Å². The maximum absolute atomic E-state index is 12.3. The van der Waals surface area contributed by atoms with Crippen LogP contribution >= 0.6 is 0 Å². The minimum Gasteiger partial charge on any atom is -0.484 e. The second-order valence-electron chi connectivity index (χ2n) is 6.52. The van der Waals surface area contributed by atoms with Gasteiger partial charge in [0.2, 0.25) is 5.91 Å². The lowest BCUT2D eigenvalue weighted by Gasteiger charge is -2.32. The number of rotatable bonds is 6. The Labute approximate surface area is 146 Å². The summed E-state index contributed by atoms with van der Waals surface area (Å²) >= 11 is 0. The molecule has 0 bridgehead atoms. The van der Waals surface area contributed by atoms with Crippen molar-refractivity contribution >= 4 is 23.5 Å². The van der Waals surface area contributed by atoms with Crippen LogP contribution in [0.15, 0.2) is 24.3 Å². The summed E-state index contributed by atoms with van der Waals surface area (Å²) in [6.07, 6.45) is 3.94. The Morgan fingerprint density at radius 2 is 2.00 bits per heavy atom. The number of amides is 2. The number of carboxylic acid groups (broad SMARTS) is 1. The number of nitrogens with zero attached hydrogens (tertiary/aromatic N) is 1. The zero-order chi connectivity index (χ0) is 17.8. The number of likely N-dealkylation sites (tertiary alicyclic amines) is 1. The maximum atomic E-state index is 12.3. The minimum absolute atomic E-state index is 0.00541. The van der Waals surface area contributed by atoms with Crippen LogP contribution in [0.2, 0.25) is 0 Å². The molecule has 2 aliphatic rings. The Morgan fingerprint density at radius 1 is 1.20 bits per heavy atom. The summed E-state index contributed by atoms with van der Waals surface area (Å²) in [6, 6.07) is 6.10. The number of nitrogens with one attached hydrogen (secondary N) is 1.